The third kappa shape index (κ3) is 2.99. The number of alkyl halides is 1. The number of hydrogen-bond acceptors (Lipinski definition) is 3. The van der Waals surface area contributed by atoms with Crippen molar-refractivity contribution in [1.29, 1.82) is 0 Å². The maximum Gasteiger partial charge on any atom is 0.159 e. The highest BCUT2D eigenvalue weighted by Gasteiger charge is 2.17. The van der Waals surface area contributed by atoms with Crippen LogP contribution in [-0.2, 0) is 24.2 Å². The van der Waals surface area contributed by atoms with Gasteiger partial charge in [0.05, 0.1) is 18.4 Å². The van der Waals surface area contributed by atoms with Gasteiger partial charge in [0.2, 0.25) is 0 Å². The molecule has 0 aliphatic carbocycles. The Bertz CT molecular complexity index is 573. The molecule has 0 N–H and O–H groups in total. The Balaban J connectivity index is 2.38. The average Bonchev–Trinajstić information content (AvgIpc) is 2.89. The summed E-state index contributed by atoms with van der Waals surface area (Å²) in [5.41, 5.74) is 3.04. The van der Waals surface area contributed by atoms with Crippen molar-refractivity contribution >= 4 is 22.8 Å². The van der Waals surface area contributed by atoms with Crippen LogP contribution in [0.3, 0.4) is 0 Å². The molecule has 0 fully saturated rings. The molecule has 0 radical (unpaired) electrons. The lowest BCUT2D eigenvalue weighted by molar-refractivity contribution is 0.0727. The molecule has 0 unspecified atom stereocenters. The predicted octanol–water partition coefficient (Wildman–Crippen LogP) is 2.77. The number of rotatable bonds is 7. The summed E-state index contributed by atoms with van der Waals surface area (Å²) in [4.78, 5) is 4.71. The van der Waals surface area contributed by atoms with Gasteiger partial charge in [0.1, 0.15) is 11.3 Å². The third-order valence-corrected chi connectivity index (χ3v) is 3.45. The Morgan fingerprint density at radius 3 is 2.70 bits per heavy atom. The zero-order valence-corrected chi connectivity index (χ0v) is 13.4. The molecule has 2 aromatic heterocycles. The zero-order chi connectivity index (χ0) is 14.7. The van der Waals surface area contributed by atoms with Crippen molar-refractivity contribution in [3.05, 3.63) is 11.5 Å². The number of hydrogen-bond donors (Lipinski definition) is 0. The van der Waals surface area contributed by atoms with Gasteiger partial charge in [-0.15, -0.1) is 11.6 Å². The lowest BCUT2D eigenvalue weighted by Crippen LogP contribution is -2.15. The van der Waals surface area contributed by atoms with Crippen molar-refractivity contribution in [2.24, 2.45) is 0 Å². The molecular weight excluding hydrogens is 276 g/mol. The van der Waals surface area contributed by atoms with E-state index in [9.17, 15) is 0 Å². The Morgan fingerprint density at radius 1 is 1.35 bits per heavy atom. The number of imidazole rings is 1. The molecule has 0 amide bonds. The second-order valence-electron chi connectivity index (χ2n) is 5.11. The van der Waals surface area contributed by atoms with Crippen molar-refractivity contribution < 1.29 is 4.74 Å². The maximum atomic E-state index is 5.89. The van der Waals surface area contributed by atoms with Crippen LogP contribution in [0.5, 0.6) is 0 Å². The summed E-state index contributed by atoms with van der Waals surface area (Å²) in [5.74, 6) is 1.59. The Labute approximate surface area is 124 Å². The van der Waals surface area contributed by atoms with Gasteiger partial charge in [-0.1, -0.05) is 0 Å². The van der Waals surface area contributed by atoms with E-state index in [1.165, 1.54) is 0 Å². The second kappa shape index (κ2) is 6.59. The lowest BCUT2D eigenvalue weighted by Gasteiger charge is -2.12. The molecule has 5 nitrogen and oxygen atoms in total. The van der Waals surface area contributed by atoms with Crippen LogP contribution in [0.15, 0.2) is 0 Å². The first-order valence-electron chi connectivity index (χ1n) is 7.18. The Morgan fingerprint density at radius 2 is 2.10 bits per heavy atom. The van der Waals surface area contributed by atoms with Crippen LogP contribution in [0.1, 0.15) is 32.3 Å². The first kappa shape index (κ1) is 15.3. The smallest absolute Gasteiger partial charge is 0.159 e. The minimum Gasteiger partial charge on any atom is -0.377 e. The number of ether oxygens (including phenoxy) is 1. The number of halogens is 1. The van der Waals surface area contributed by atoms with Gasteiger partial charge < -0.3 is 9.30 Å². The van der Waals surface area contributed by atoms with E-state index in [0.717, 1.165) is 42.2 Å². The molecule has 0 saturated heterocycles. The summed E-state index contributed by atoms with van der Waals surface area (Å²) in [6, 6.07) is 0. The zero-order valence-electron chi connectivity index (χ0n) is 12.7. The fraction of sp³-hybridized carbons (Fsp3) is 0.714. The average molecular weight is 299 g/mol. The summed E-state index contributed by atoms with van der Waals surface area (Å²) >= 11 is 5.89. The molecule has 0 atom stereocenters. The monoisotopic (exact) mass is 298 g/mol. The lowest BCUT2D eigenvalue weighted by atomic mass is 10.4. The molecule has 2 aromatic rings. The van der Waals surface area contributed by atoms with E-state index in [2.05, 4.69) is 16.6 Å². The highest BCUT2D eigenvalue weighted by atomic mass is 35.5. The van der Waals surface area contributed by atoms with Crippen LogP contribution in [0, 0.1) is 6.92 Å². The molecule has 2 heterocycles. The number of aromatic nitrogens is 4. The molecule has 0 aromatic carbocycles. The molecule has 6 heteroatoms. The van der Waals surface area contributed by atoms with Gasteiger partial charge in [-0.2, -0.15) is 5.10 Å². The van der Waals surface area contributed by atoms with E-state index < -0.39 is 0 Å². The fourth-order valence-electron chi connectivity index (χ4n) is 2.38. The van der Waals surface area contributed by atoms with Crippen LogP contribution in [0.2, 0.25) is 0 Å². The predicted molar refractivity (Wildman–Crippen MR) is 81.4 cm³/mol. The van der Waals surface area contributed by atoms with E-state index >= 15 is 0 Å². The van der Waals surface area contributed by atoms with Gasteiger partial charge in [-0.25, -0.2) is 9.67 Å². The van der Waals surface area contributed by atoms with Crippen LogP contribution >= 0.6 is 11.6 Å². The number of aryl methyl sites for hydroxylation is 3. The van der Waals surface area contributed by atoms with Gasteiger partial charge in [0.25, 0.3) is 0 Å². The quantitative estimate of drug-likeness (QED) is 0.738. The van der Waals surface area contributed by atoms with Crippen molar-refractivity contribution in [2.75, 3.05) is 12.5 Å². The summed E-state index contributed by atoms with van der Waals surface area (Å²) < 4.78 is 9.87. The Kier molecular flexibility index (Phi) is 5.05. The van der Waals surface area contributed by atoms with Crippen molar-refractivity contribution in [1.82, 2.24) is 19.3 Å². The molecule has 20 heavy (non-hydrogen) atoms. The minimum absolute atomic E-state index is 0.239. The van der Waals surface area contributed by atoms with Crippen molar-refractivity contribution in [3.8, 4) is 0 Å². The third-order valence-electron chi connectivity index (χ3n) is 3.26. The molecule has 0 bridgehead atoms. The van der Waals surface area contributed by atoms with E-state index in [4.69, 9.17) is 21.3 Å². The molecule has 0 aliphatic heterocycles. The molecule has 0 saturated carbocycles. The first-order valence-corrected chi connectivity index (χ1v) is 7.72. The summed E-state index contributed by atoms with van der Waals surface area (Å²) in [5, 5.41) is 4.53. The van der Waals surface area contributed by atoms with Gasteiger partial charge >= 0.3 is 0 Å². The number of fused-ring (bicyclic) bond motifs is 1. The fourth-order valence-corrected chi connectivity index (χ4v) is 2.55. The van der Waals surface area contributed by atoms with E-state index in [-0.39, 0.29) is 6.10 Å². The van der Waals surface area contributed by atoms with E-state index in [1.807, 2.05) is 25.5 Å². The van der Waals surface area contributed by atoms with Gasteiger partial charge in [0, 0.05) is 25.4 Å². The first-order chi connectivity index (χ1) is 9.58. The van der Waals surface area contributed by atoms with Crippen molar-refractivity contribution in [3.63, 3.8) is 0 Å². The van der Waals surface area contributed by atoms with Crippen molar-refractivity contribution in [2.45, 2.75) is 53.3 Å². The van der Waals surface area contributed by atoms with Gasteiger partial charge in [-0.3, -0.25) is 0 Å². The van der Waals surface area contributed by atoms with Crippen LogP contribution < -0.4 is 0 Å². The van der Waals surface area contributed by atoms with E-state index in [1.54, 1.807) is 0 Å². The normalized spacial score (nSPS) is 11.9. The van der Waals surface area contributed by atoms with Crippen LogP contribution in [0.4, 0.5) is 0 Å². The summed E-state index contributed by atoms with van der Waals surface area (Å²) in [6.45, 7) is 10.5. The molecule has 0 aliphatic rings. The SMILES string of the molecule is CCn1nc(C)c2nc(CCCl)n(CCOC(C)C)c21. The van der Waals surface area contributed by atoms with Gasteiger partial charge in [0.15, 0.2) is 5.65 Å². The summed E-state index contributed by atoms with van der Waals surface area (Å²) in [7, 11) is 0. The van der Waals surface area contributed by atoms with Gasteiger partial charge in [-0.05, 0) is 27.7 Å². The van der Waals surface area contributed by atoms with Crippen LogP contribution in [-0.4, -0.2) is 37.9 Å². The molecule has 2 rings (SSSR count). The largest absolute Gasteiger partial charge is 0.377 e. The Hall–Kier alpha value is -1.07. The highest BCUT2D eigenvalue weighted by molar-refractivity contribution is 6.17. The molecular formula is C14H23ClN4O. The summed E-state index contributed by atoms with van der Waals surface area (Å²) in [6.07, 6.45) is 1.00. The molecule has 112 valence electrons. The minimum atomic E-state index is 0.239. The number of nitrogens with zero attached hydrogens (tertiary/aromatic N) is 4. The molecule has 0 spiro atoms. The maximum absolute atomic E-state index is 5.89. The van der Waals surface area contributed by atoms with Crippen LogP contribution in [0.25, 0.3) is 11.2 Å². The highest BCUT2D eigenvalue weighted by Crippen LogP contribution is 2.20. The standard InChI is InChI=1S/C14H23ClN4O/c1-5-19-14-13(11(4)17-19)16-12(6-7-15)18(14)8-9-20-10(2)3/h10H,5-9H2,1-4H3. The topological polar surface area (TPSA) is 44.9 Å². The second-order valence-corrected chi connectivity index (χ2v) is 5.49. The van der Waals surface area contributed by atoms with E-state index in [0.29, 0.717) is 12.5 Å².